The van der Waals surface area contributed by atoms with Crippen LogP contribution in [0.15, 0.2) is 48.8 Å². The van der Waals surface area contributed by atoms with Crippen molar-refractivity contribution in [2.75, 3.05) is 19.6 Å². The van der Waals surface area contributed by atoms with Crippen LogP contribution in [0.1, 0.15) is 46.3 Å². The molecule has 3 rings (SSSR count). The largest absolute Gasteiger partial charge is 0.478 e. The molecule has 0 aliphatic carbocycles. The summed E-state index contributed by atoms with van der Waals surface area (Å²) in [6.45, 7) is 2.47. The highest BCUT2D eigenvalue weighted by molar-refractivity contribution is 5.87. The first kappa shape index (κ1) is 16.6. The Hall–Kier alpha value is -2.24. The van der Waals surface area contributed by atoms with E-state index in [9.17, 15) is 9.90 Å². The number of nitrogens with zero attached hydrogens (tertiary/aromatic N) is 2. The second-order valence-electron chi connectivity index (χ2n) is 6.32. The number of carboxylic acid groups (broad SMARTS) is 1. The molecule has 2 heterocycles. The topological polar surface area (TPSA) is 73.7 Å². The van der Waals surface area contributed by atoms with Gasteiger partial charge in [0.2, 0.25) is 0 Å². The lowest BCUT2D eigenvalue weighted by Crippen LogP contribution is -2.37. The van der Waals surface area contributed by atoms with Crippen molar-refractivity contribution in [3.05, 3.63) is 65.5 Å². The fraction of sp³-hybridized carbons (Fsp3) is 0.368. The molecule has 0 bridgehead atoms. The third kappa shape index (κ3) is 3.99. The molecule has 1 aliphatic heterocycles. The van der Waals surface area contributed by atoms with Crippen LogP contribution in [0.3, 0.4) is 0 Å². The minimum absolute atomic E-state index is 0.238. The van der Waals surface area contributed by atoms with Crippen molar-refractivity contribution in [1.82, 2.24) is 9.88 Å². The third-order valence-corrected chi connectivity index (χ3v) is 4.66. The lowest BCUT2D eigenvalue weighted by Gasteiger charge is -2.34. The smallest absolute Gasteiger partial charge is 0.335 e. The molecule has 2 aromatic rings. The van der Waals surface area contributed by atoms with Gasteiger partial charge in [0.25, 0.3) is 0 Å². The maximum Gasteiger partial charge on any atom is 0.335 e. The Morgan fingerprint density at radius 3 is 2.58 bits per heavy atom. The van der Waals surface area contributed by atoms with E-state index in [1.54, 1.807) is 12.1 Å². The number of carbonyl (C=O) groups is 1. The summed E-state index contributed by atoms with van der Waals surface area (Å²) in [5.74, 6) is -0.476. The molecule has 126 valence electrons. The molecule has 24 heavy (non-hydrogen) atoms. The number of piperidine rings is 1. The fourth-order valence-electron chi connectivity index (χ4n) is 3.33. The molecule has 2 atom stereocenters. The van der Waals surface area contributed by atoms with Crippen molar-refractivity contribution in [1.29, 1.82) is 0 Å². The predicted molar refractivity (Wildman–Crippen MR) is 91.0 cm³/mol. The summed E-state index contributed by atoms with van der Waals surface area (Å²) in [7, 11) is 0. The number of carboxylic acids is 1. The number of likely N-dealkylation sites (tertiary alicyclic amines) is 1. The van der Waals surface area contributed by atoms with Crippen LogP contribution in [0.2, 0.25) is 0 Å². The van der Waals surface area contributed by atoms with E-state index >= 15 is 0 Å². The monoisotopic (exact) mass is 326 g/mol. The van der Waals surface area contributed by atoms with Crippen LogP contribution in [-0.4, -0.2) is 45.7 Å². The molecule has 1 aromatic carbocycles. The minimum Gasteiger partial charge on any atom is -0.478 e. The zero-order chi connectivity index (χ0) is 16.9. The number of β-amino-alcohol motifs (C(OH)–C–C–N with tert-alkyl or cyclic N) is 1. The molecule has 0 saturated carbocycles. The molecule has 1 fully saturated rings. The maximum atomic E-state index is 10.9. The third-order valence-electron chi connectivity index (χ3n) is 4.66. The van der Waals surface area contributed by atoms with Gasteiger partial charge in [-0.3, -0.25) is 9.88 Å². The normalized spacial score (nSPS) is 19.8. The molecule has 0 spiro atoms. The fourth-order valence-corrected chi connectivity index (χ4v) is 3.33. The molecule has 1 saturated heterocycles. The van der Waals surface area contributed by atoms with E-state index in [1.165, 1.54) is 17.7 Å². The minimum atomic E-state index is -0.952. The molecule has 2 unspecified atom stereocenters. The quantitative estimate of drug-likeness (QED) is 0.884. The number of hydrogen-bond acceptors (Lipinski definition) is 4. The number of aromatic nitrogens is 1. The van der Waals surface area contributed by atoms with Gasteiger partial charge in [0.15, 0.2) is 0 Å². The molecule has 1 aromatic heterocycles. The molecule has 5 nitrogen and oxygen atoms in total. The number of benzene rings is 1. The van der Waals surface area contributed by atoms with E-state index < -0.39 is 12.1 Å². The Bertz CT molecular complexity index is 673. The molecular formula is C19H22N2O3. The van der Waals surface area contributed by atoms with E-state index in [1.807, 2.05) is 12.4 Å². The number of aromatic carboxylic acids is 1. The van der Waals surface area contributed by atoms with Crippen LogP contribution in [0.4, 0.5) is 0 Å². The van der Waals surface area contributed by atoms with Gasteiger partial charge in [-0.1, -0.05) is 12.1 Å². The SMILES string of the molecule is O=C(O)c1ccc(C(O)CN2CCCC(c3ccncc3)C2)cc1. The highest BCUT2D eigenvalue weighted by atomic mass is 16.4. The first-order valence-corrected chi connectivity index (χ1v) is 8.27. The summed E-state index contributed by atoms with van der Waals surface area (Å²) in [6, 6.07) is 10.6. The van der Waals surface area contributed by atoms with Crippen molar-refractivity contribution >= 4 is 5.97 Å². The number of hydrogen-bond donors (Lipinski definition) is 2. The Balaban J connectivity index is 1.61. The first-order chi connectivity index (χ1) is 11.6. The van der Waals surface area contributed by atoms with Crippen LogP contribution >= 0.6 is 0 Å². The maximum absolute atomic E-state index is 10.9. The predicted octanol–water partition coefficient (Wildman–Crippen LogP) is 2.69. The first-order valence-electron chi connectivity index (χ1n) is 8.27. The standard InChI is InChI=1S/C19H22N2O3/c22-18(15-3-5-16(6-4-15)19(23)24)13-21-11-1-2-17(12-21)14-7-9-20-10-8-14/h3-10,17-18,22H,1-2,11-13H2,(H,23,24). The van der Waals surface area contributed by atoms with E-state index in [4.69, 9.17) is 5.11 Å². The second-order valence-corrected chi connectivity index (χ2v) is 6.32. The number of rotatable bonds is 5. The van der Waals surface area contributed by atoms with E-state index in [-0.39, 0.29) is 5.56 Å². The summed E-state index contributed by atoms with van der Waals surface area (Å²) < 4.78 is 0. The van der Waals surface area contributed by atoms with Crippen LogP contribution in [0.5, 0.6) is 0 Å². The summed E-state index contributed by atoms with van der Waals surface area (Å²) in [5.41, 5.74) is 2.29. The Labute approximate surface area is 141 Å². The van der Waals surface area contributed by atoms with Gasteiger partial charge < -0.3 is 10.2 Å². The van der Waals surface area contributed by atoms with Gasteiger partial charge in [-0.05, 0) is 60.7 Å². The molecular weight excluding hydrogens is 304 g/mol. The van der Waals surface area contributed by atoms with Crippen molar-refractivity contribution < 1.29 is 15.0 Å². The zero-order valence-electron chi connectivity index (χ0n) is 13.5. The van der Waals surface area contributed by atoms with Crippen molar-refractivity contribution in [3.8, 4) is 0 Å². The summed E-state index contributed by atoms with van der Waals surface area (Å²) >= 11 is 0. The van der Waals surface area contributed by atoms with Crippen LogP contribution in [0.25, 0.3) is 0 Å². The summed E-state index contributed by atoms with van der Waals surface area (Å²) in [6.07, 6.45) is 5.31. The van der Waals surface area contributed by atoms with Gasteiger partial charge >= 0.3 is 5.97 Å². The lowest BCUT2D eigenvalue weighted by molar-refractivity contribution is 0.0696. The van der Waals surface area contributed by atoms with Gasteiger partial charge in [0, 0.05) is 25.5 Å². The van der Waals surface area contributed by atoms with Gasteiger partial charge in [-0.15, -0.1) is 0 Å². The molecule has 2 N–H and O–H groups in total. The summed E-state index contributed by atoms with van der Waals surface area (Å²) in [5, 5.41) is 19.4. The van der Waals surface area contributed by atoms with Gasteiger partial charge in [0.1, 0.15) is 0 Å². The number of aliphatic hydroxyl groups excluding tert-OH is 1. The molecule has 1 aliphatic rings. The van der Waals surface area contributed by atoms with Gasteiger partial charge in [0.05, 0.1) is 11.7 Å². The average Bonchev–Trinajstić information content (AvgIpc) is 2.63. The van der Waals surface area contributed by atoms with E-state index in [2.05, 4.69) is 22.0 Å². The molecule has 5 heteroatoms. The van der Waals surface area contributed by atoms with Gasteiger partial charge in [-0.25, -0.2) is 4.79 Å². The van der Waals surface area contributed by atoms with Crippen LogP contribution in [-0.2, 0) is 0 Å². The number of pyridine rings is 1. The summed E-state index contributed by atoms with van der Waals surface area (Å²) in [4.78, 5) is 17.2. The number of aliphatic hydroxyl groups is 1. The highest BCUT2D eigenvalue weighted by Crippen LogP contribution is 2.27. The van der Waals surface area contributed by atoms with Crippen LogP contribution in [0, 0.1) is 0 Å². The van der Waals surface area contributed by atoms with E-state index in [0.29, 0.717) is 12.5 Å². The Morgan fingerprint density at radius 2 is 1.92 bits per heavy atom. The van der Waals surface area contributed by atoms with Crippen molar-refractivity contribution in [2.45, 2.75) is 24.9 Å². The van der Waals surface area contributed by atoms with Gasteiger partial charge in [-0.2, -0.15) is 0 Å². The average molecular weight is 326 g/mol. The lowest BCUT2D eigenvalue weighted by atomic mass is 9.91. The molecule has 0 radical (unpaired) electrons. The van der Waals surface area contributed by atoms with Crippen LogP contribution < -0.4 is 0 Å². The van der Waals surface area contributed by atoms with Crippen molar-refractivity contribution in [2.24, 2.45) is 0 Å². The second kappa shape index (κ2) is 7.55. The van der Waals surface area contributed by atoms with E-state index in [0.717, 1.165) is 31.5 Å². The van der Waals surface area contributed by atoms with Crippen molar-refractivity contribution in [3.63, 3.8) is 0 Å². The molecule has 0 amide bonds. The highest BCUT2D eigenvalue weighted by Gasteiger charge is 2.23. The zero-order valence-corrected chi connectivity index (χ0v) is 13.5. The Kier molecular flexibility index (Phi) is 5.23. The Morgan fingerprint density at radius 1 is 1.21 bits per heavy atom.